The van der Waals surface area contributed by atoms with E-state index in [0.29, 0.717) is 6.54 Å². The van der Waals surface area contributed by atoms with Gasteiger partial charge in [-0.05, 0) is 43.5 Å². The number of rotatable bonds is 7. The van der Waals surface area contributed by atoms with E-state index in [2.05, 4.69) is 64.2 Å². The van der Waals surface area contributed by atoms with E-state index in [1.54, 1.807) is 7.11 Å². The molecule has 3 aromatic carbocycles. The van der Waals surface area contributed by atoms with Gasteiger partial charge in [0.05, 0.1) is 24.7 Å². The van der Waals surface area contributed by atoms with Crippen molar-refractivity contribution in [3.63, 3.8) is 0 Å². The number of anilines is 1. The fourth-order valence-electron chi connectivity index (χ4n) is 4.85. The van der Waals surface area contributed by atoms with Crippen molar-refractivity contribution in [2.24, 2.45) is 5.92 Å². The summed E-state index contributed by atoms with van der Waals surface area (Å²) in [6.07, 6.45) is 1.62. The average Bonchev–Trinajstić information content (AvgIpc) is 3.27. The number of piperidine rings is 1. The number of benzene rings is 3. The SMILES string of the molecule is COc1ccccc1CNC(=O)C1CCN(c2nc3ccccc3n2Cc2ccc(C)cc2)CC1. The first kappa shape index (κ1) is 23.0. The Balaban J connectivity index is 1.27. The lowest BCUT2D eigenvalue weighted by Crippen LogP contribution is -2.41. The molecule has 4 aromatic rings. The summed E-state index contributed by atoms with van der Waals surface area (Å²) in [5.74, 6) is 1.91. The molecule has 0 atom stereocenters. The van der Waals surface area contributed by atoms with Crippen LogP contribution in [0.15, 0.2) is 72.8 Å². The number of carbonyl (C=O) groups is 1. The van der Waals surface area contributed by atoms with E-state index in [1.807, 2.05) is 30.3 Å². The van der Waals surface area contributed by atoms with Gasteiger partial charge in [0.1, 0.15) is 5.75 Å². The number of hydrogen-bond acceptors (Lipinski definition) is 4. The number of nitrogens with zero attached hydrogens (tertiary/aromatic N) is 3. The molecular formula is C29H32N4O2. The predicted molar refractivity (Wildman–Crippen MR) is 140 cm³/mol. The molecule has 0 spiro atoms. The van der Waals surface area contributed by atoms with Gasteiger partial charge in [0.25, 0.3) is 0 Å². The highest BCUT2D eigenvalue weighted by molar-refractivity contribution is 5.80. The molecule has 6 heteroatoms. The van der Waals surface area contributed by atoms with Crippen molar-refractivity contribution < 1.29 is 9.53 Å². The zero-order valence-corrected chi connectivity index (χ0v) is 20.4. The molecule has 1 aliphatic heterocycles. The van der Waals surface area contributed by atoms with Crippen molar-refractivity contribution in [1.82, 2.24) is 14.9 Å². The van der Waals surface area contributed by atoms with Crippen LogP contribution in [0.25, 0.3) is 11.0 Å². The van der Waals surface area contributed by atoms with Gasteiger partial charge in [-0.3, -0.25) is 4.79 Å². The number of hydrogen-bond donors (Lipinski definition) is 1. The summed E-state index contributed by atoms with van der Waals surface area (Å²) < 4.78 is 7.71. The Morgan fingerprint density at radius 1 is 1.00 bits per heavy atom. The van der Waals surface area contributed by atoms with Crippen LogP contribution in [-0.2, 0) is 17.9 Å². The summed E-state index contributed by atoms with van der Waals surface area (Å²) in [6.45, 7) is 4.98. The highest BCUT2D eigenvalue weighted by Gasteiger charge is 2.27. The Kier molecular flexibility index (Phi) is 6.70. The molecule has 1 saturated heterocycles. The maximum Gasteiger partial charge on any atom is 0.223 e. The molecule has 1 aromatic heterocycles. The second-order valence-electron chi connectivity index (χ2n) is 9.26. The monoisotopic (exact) mass is 468 g/mol. The maximum absolute atomic E-state index is 12.9. The minimum absolute atomic E-state index is 0.0101. The summed E-state index contributed by atoms with van der Waals surface area (Å²) in [7, 11) is 1.66. The van der Waals surface area contributed by atoms with Gasteiger partial charge in [0, 0.05) is 31.1 Å². The zero-order valence-electron chi connectivity index (χ0n) is 20.4. The van der Waals surface area contributed by atoms with Crippen molar-refractivity contribution in [1.29, 1.82) is 0 Å². The van der Waals surface area contributed by atoms with Crippen molar-refractivity contribution in [3.8, 4) is 5.75 Å². The summed E-state index contributed by atoms with van der Waals surface area (Å²) in [5, 5.41) is 3.11. The van der Waals surface area contributed by atoms with E-state index in [0.717, 1.165) is 60.8 Å². The highest BCUT2D eigenvalue weighted by atomic mass is 16.5. The normalized spacial score (nSPS) is 14.3. The largest absolute Gasteiger partial charge is 0.496 e. The van der Waals surface area contributed by atoms with Crippen LogP contribution in [0, 0.1) is 12.8 Å². The van der Waals surface area contributed by atoms with Crippen LogP contribution in [0.3, 0.4) is 0 Å². The van der Waals surface area contributed by atoms with Gasteiger partial charge in [0.2, 0.25) is 11.9 Å². The van der Waals surface area contributed by atoms with Crippen molar-refractivity contribution in [3.05, 3.63) is 89.5 Å². The molecule has 1 amide bonds. The Hall–Kier alpha value is -3.80. The molecule has 0 bridgehead atoms. The smallest absolute Gasteiger partial charge is 0.223 e. The van der Waals surface area contributed by atoms with Crippen LogP contribution in [0.5, 0.6) is 5.75 Å². The molecule has 1 fully saturated rings. The standard InChI is InChI=1S/C29H32N4O2/c1-21-11-13-22(14-12-21)20-33-26-9-5-4-8-25(26)31-29(33)32-17-15-23(16-18-32)28(34)30-19-24-7-3-6-10-27(24)35-2/h3-14,23H,15-20H2,1-2H3,(H,30,34). The van der Waals surface area contributed by atoms with E-state index in [4.69, 9.17) is 9.72 Å². The van der Waals surface area contributed by atoms with Gasteiger partial charge < -0.3 is 19.5 Å². The number of aromatic nitrogens is 2. The molecule has 6 nitrogen and oxygen atoms in total. The Labute approximate surface area is 206 Å². The number of nitrogens with one attached hydrogen (secondary N) is 1. The van der Waals surface area contributed by atoms with Gasteiger partial charge in [-0.1, -0.05) is 60.2 Å². The van der Waals surface area contributed by atoms with Crippen molar-refractivity contribution in [2.75, 3.05) is 25.1 Å². The topological polar surface area (TPSA) is 59.4 Å². The van der Waals surface area contributed by atoms with Crippen LogP contribution in [-0.4, -0.2) is 35.7 Å². The minimum atomic E-state index is 0.0101. The first-order valence-corrected chi connectivity index (χ1v) is 12.3. The second kappa shape index (κ2) is 10.2. The van der Waals surface area contributed by atoms with Gasteiger partial charge in [-0.2, -0.15) is 0 Å². The fourth-order valence-corrected chi connectivity index (χ4v) is 4.85. The number of imidazole rings is 1. The number of aryl methyl sites for hydroxylation is 1. The van der Waals surface area contributed by atoms with Gasteiger partial charge in [0.15, 0.2) is 0 Å². The molecule has 0 radical (unpaired) electrons. The third-order valence-corrected chi connectivity index (χ3v) is 6.89. The van der Waals surface area contributed by atoms with E-state index < -0.39 is 0 Å². The molecule has 1 N–H and O–H groups in total. The van der Waals surface area contributed by atoms with Gasteiger partial charge in [-0.15, -0.1) is 0 Å². The Bertz CT molecular complexity index is 1300. The number of methoxy groups -OCH3 is 1. The third-order valence-electron chi connectivity index (χ3n) is 6.89. The van der Waals surface area contributed by atoms with Crippen LogP contribution < -0.4 is 15.0 Å². The number of fused-ring (bicyclic) bond motifs is 1. The molecule has 0 saturated carbocycles. The number of ether oxygens (including phenoxy) is 1. The molecule has 180 valence electrons. The average molecular weight is 469 g/mol. The highest BCUT2D eigenvalue weighted by Crippen LogP contribution is 2.28. The van der Waals surface area contributed by atoms with E-state index in [1.165, 1.54) is 11.1 Å². The van der Waals surface area contributed by atoms with Crippen molar-refractivity contribution in [2.45, 2.75) is 32.9 Å². The summed E-state index contributed by atoms with van der Waals surface area (Å²) in [5.41, 5.74) is 5.65. The quantitative estimate of drug-likeness (QED) is 0.418. The van der Waals surface area contributed by atoms with Gasteiger partial charge in [-0.25, -0.2) is 4.98 Å². The van der Waals surface area contributed by atoms with E-state index >= 15 is 0 Å². The Morgan fingerprint density at radius 3 is 2.49 bits per heavy atom. The number of para-hydroxylation sites is 3. The molecule has 35 heavy (non-hydrogen) atoms. The second-order valence-corrected chi connectivity index (χ2v) is 9.26. The molecule has 1 aliphatic rings. The summed E-state index contributed by atoms with van der Waals surface area (Å²) in [6, 6.07) is 24.8. The first-order chi connectivity index (χ1) is 17.1. The number of amides is 1. The maximum atomic E-state index is 12.9. The first-order valence-electron chi connectivity index (χ1n) is 12.3. The Morgan fingerprint density at radius 2 is 1.71 bits per heavy atom. The predicted octanol–water partition coefficient (Wildman–Crippen LogP) is 4.93. The molecule has 2 heterocycles. The van der Waals surface area contributed by atoms with Crippen molar-refractivity contribution >= 4 is 22.9 Å². The summed E-state index contributed by atoms with van der Waals surface area (Å²) in [4.78, 5) is 20.2. The lowest BCUT2D eigenvalue weighted by molar-refractivity contribution is -0.125. The zero-order chi connectivity index (χ0) is 24.2. The van der Waals surface area contributed by atoms with Crippen LogP contribution >= 0.6 is 0 Å². The van der Waals surface area contributed by atoms with E-state index in [-0.39, 0.29) is 11.8 Å². The fraction of sp³-hybridized carbons (Fsp3) is 0.310. The third kappa shape index (κ3) is 5.02. The molecule has 5 rings (SSSR count). The molecule has 0 unspecified atom stereocenters. The number of carbonyl (C=O) groups excluding carboxylic acids is 1. The lowest BCUT2D eigenvalue weighted by atomic mass is 9.96. The summed E-state index contributed by atoms with van der Waals surface area (Å²) >= 11 is 0. The molecular weight excluding hydrogens is 436 g/mol. The minimum Gasteiger partial charge on any atom is -0.496 e. The molecule has 0 aliphatic carbocycles. The van der Waals surface area contributed by atoms with Crippen LogP contribution in [0.1, 0.15) is 29.5 Å². The van der Waals surface area contributed by atoms with Crippen LogP contribution in [0.2, 0.25) is 0 Å². The van der Waals surface area contributed by atoms with Crippen LogP contribution in [0.4, 0.5) is 5.95 Å². The lowest BCUT2D eigenvalue weighted by Gasteiger charge is -2.32. The van der Waals surface area contributed by atoms with E-state index in [9.17, 15) is 4.79 Å². The van der Waals surface area contributed by atoms with Gasteiger partial charge >= 0.3 is 0 Å².